The van der Waals surface area contributed by atoms with E-state index in [0.717, 1.165) is 5.56 Å². The summed E-state index contributed by atoms with van der Waals surface area (Å²) in [5, 5.41) is 6.60. The Kier molecular flexibility index (Phi) is 3.69. The molecule has 5 N–H and O–H groups in total. The molecule has 0 saturated carbocycles. The molecule has 0 aliphatic heterocycles. The summed E-state index contributed by atoms with van der Waals surface area (Å²) in [5.41, 5.74) is 12.5. The first kappa shape index (κ1) is 13.6. The van der Waals surface area contributed by atoms with Crippen molar-refractivity contribution in [3.63, 3.8) is 0 Å². The Hall–Kier alpha value is -2.83. The molecule has 2 aromatic rings. The first-order chi connectivity index (χ1) is 9.45. The van der Waals surface area contributed by atoms with Gasteiger partial charge in [0, 0.05) is 11.9 Å². The molecule has 0 unspecified atom stereocenters. The second kappa shape index (κ2) is 5.43. The lowest BCUT2D eigenvalue weighted by atomic mass is 10.2. The number of hydrogen-bond donors (Lipinski definition) is 3. The van der Waals surface area contributed by atoms with Gasteiger partial charge in [0.15, 0.2) is 5.69 Å². The van der Waals surface area contributed by atoms with Crippen LogP contribution in [0.5, 0.6) is 0 Å². The molecule has 2 amide bonds. The molecule has 7 nitrogen and oxygen atoms in total. The minimum atomic E-state index is -0.722. The number of rotatable bonds is 4. The van der Waals surface area contributed by atoms with Gasteiger partial charge in [0.25, 0.3) is 5.91 Å². The van der Waals surface area contributed by atoms with Gasteiger partial charge in [0.05, 0.1) is 5.69 Å². The third-order valence-electron chi connectivity index (χ3n) is 2.63. The number of primary amides is 1. The van der Waals surface area contributed by atoms with Crippen LogP contribution in [0.4, 0.5) is 11.4 Å². The fourth-order valence-electron chi connectivity index (χ4n) is 1.78. The maximum atomic E-state index is 11.9. The number of aromatic nitrogens is 2. The molecule has 2 rings (SSSR count). The average Bonchev–Trinajstić information content (AvgIpc) is 2.70. The van der Waals surface area contributed by atoms with Gasteiger partial charge >= 0.3 is 0 Å². The molecule has 1 aromatic heterocycles. The molecule has 0 aliphatic carbocycles. The van der Waals surface area contributed by atoms with Crippen molar-refractivity contribution < 1.29 is 9.59 Å². The zero-order chi connectivity index (χ0) is 14.7. The van der Waals surface area contributed by atoms with Crippen molar-refractivity contribution in [2.24, 2.45) is 5.73 Å². The number of anilines is 2. The minimum absolute atomic E-state index is 0.0339. The van der Waals surface area contributed by atoms with Crippen molar-refractivity contribution in [2.45, 2.75) is 13.5 Å². The SMILES string of the molecule is Cc1cccc(NC(=O)Cn2cc(N)c(C(N)=O)n2)c1. The van der Waals surface area contributed by atoms with Crippen LogP contribution in [-0.2, 0) is 11.3 Å². The lowest BCUT2D eigenvalue weighted by Gasteiger charge is -2.05. The number of aryl methyl sites for hydroxylation is 1. The highest BCUT2D eigenvalue weighted by atomic mass is 16.2. The summed E-state index contributed by atoms with van der Waals surface area (Å²) >= 11 is 0. The molecule has 0 aliphatic rings. The van der Waals surface area contributed by atoms with E-state index in [1.165, 1.54) is 10.9 Å². The predicted octanol–water partition coefficient (Wildman–Crippen LogP) is 0.511. The Morgan fingerprint density at radius 1 is 1.40 bits per heavy atom. The predicted molar refractivity (Wildman–Crippen MR) is 75.0 cm³/mol. The highest BCUT2D eigenvalue weighted by Crippen LogP contribution is 2.11. The van der Waals surface area contributed by atoms with Crippen LogP contribution >= 0.6 is 0 Å². The first-order valence-electron chi connectivity index (χ1n) is 5.95. The number of nitrogen functional groups attached to an aromatic ring is 1. The molecular weight excluding hydrogens is 258 g/mol. The van der Waals surface area contributed by atoms with Gasteiger partial charge in [-0.2, -0.15) is 5.10 Å². The van der Waals surface area contributed by atoms with Crippen molar-refractivity contribution in [2.75, 3.05) is 11.1 Å². The fourth-order valence-corrected chi connectivity index (χ4v) is 1.78. The molecule has 0 saturated heterocycles. The number of benzene rings is 1. The Balaban J connectivity index is 2.05. The van der Waals surface area contributed by atoms with Gasteiger partial charge in [-0.15, -0.1) is 0 Å². The number of carbonyl (C=O) groups excluding carboxylic acids is 2. The van der Waals surface area contributed by atoms with Crippen molar-refractivity contribution in [3.05, 3.63) is 41.7 Å². The first-order valence-corrected chi connectivity index (χ1v) is 5.95. The summed E-state index contributed by atoms with van der Waals surface area (Å²) in [7, 11) is 0. The molecule has 1 heterocycles. The Labute approximate surface area is 115 Å². The minimum Gasteiger partial charge on any atom is -0.396 e. The summed E-state index contributed by atoms with van der Waals surface area (Å²) in [6.07, 6.45) is 1.40. The van der Waals surface area contributed by atoms with Gasteiger partial charge in [-0.25, -0.2) is 0 Å². The number of hydrogen-bond acceptors (Lipinski definition) is 4. The zero-order valence-corrected chi connectivity index (χ0v) is 11.0. The fraction of sp³-hybridized carbons (Fsp3) is 0.154. The zero-order valence-electron chi connectivity index (χ0n) is 11.0. The van der Waals surface area contributed by atoms with Crippen LogP contribution in [0.2, 0.25) is 0 Å². The molecule has 20 heavy (non-hydrogen) atoms. The lowest BCUT2D eigenvalue weighted by Crippen LogP contribution is -2.20. The van der Waals surface area contributed by atoms with Gasteiger partial charge in [-0.3, -0.25) is 14.3 Å². The third kappa shape index (κ3) is 3.14. The van der Waals surface area contributed by atoms with E-state index in [1.54, 1.807) is 6.07 Å². The monoisotopic (exact) mass is 273 g/mol. The number of nitrogens with one attached hydrogen (secondary N) is 1. The molecule has 0 radical (unpaired) electrons. The molecule has 0 fully saturated rings. The van der Waals surface area contributed by atoms with E-state index in [1.807, 2.05) is 25.1 Å². The summed E-state index contributed by atoms with van der Waals surface area (Å²) in [4.78, 5) is 22.9. The number of nitrogens with zero attached hydrogens (tertiary/aromatic N) is 2. The van der Waals surface area contributed by atoms with E-state index in [0.29, 0.717) is 5.69 Å². The van der Waals surface area contributed by atoms with Gasteiger partial charge in [0.1, 0.15) is 6.54 Å². The molecule has 0 spiro atoms. The van der Waals surface area contributed by atoms with Crippen LogP contribution in [0, 0.1) is 6.92 Å². The standard InChI is InChI=1S/C13H15N5O2/c1-8-3-2-4-9(5-8)16-11(19)7-18-6-10(14)12(17-18)13(15)20/h2-6H,7,14H2,1H3,(H2,15,20)(H,16,19). The van der Waals surface area contributed by atoms with Crippen molar-refractivity contribution in [1.82, 2.24) is 9.78 Å². The third-order valence-corrected chi connectivity index (χ3v) is 2.63. The van der Waals surface area contributed by atoms with Crippen LogP contribution < -0.4 is 16.8 Å². The number of amides is 2. The van der Waals surface area contributed by atoms with Crippen LogP contribution in [0.1, 0.15) is 16.1 Å². The summed E-state index contributed by atoms with van der Waals surface area (Å²) < 4.78 is 1.28. The lowest BCUT2D eigenvalue weighted by molar-refractivity contribution is -0.116. The van der Waals surface area contributed by atoms with E-state index >= 15 is 0 Å². The van der Waals surface area contributed by atoms with Gasteiger partial charge in [-0.1, -0.05) is 12.1 Å². The normalized spacial score (nSPS) is 10.2. The second-order valence-corrected chi connectivity index (χ2v) is 4.41. The van der Waals surface area contributed by atoms with Crippen molar-refractivity contribution in [3.8, 4) is 0 Å². The smallest absolute Gasteiger partial charge is 0.271 e. The molecule has 1 aromatic carbocycles. The number of nitrogens with two attached hydrogens (primary N) is 2. The highest BCUT2D eigenvalue weighted by Gasteiger charge is 2.13. The Morgan fingerprint density at radius 2 is 2.15 bits per heavy atom. The Morgan fingerprint density at radius 3 is 2.75 bits per heavy atom. The van der Waals surface area contributed by atoms with E-state index in [9.17, 15) is 9.59 Å². The molecule has 7 heteroatoms. The summed E-state index contributed by atoms with van der Waals surface area (Å²) in [5.74, 6) is -0.991. The van der Waals surface area contributed by atoms with Gasteiger partial charge in [0.2, 0.25) is 5.91 Å². The largest absolute Gasteiger partial charge is 0.396 e. The average molecular weight is 273 g/mol. The summed E-state index contributed by atoms with van der Waals surface area (Å²) in [6, 6.07) is 7.42. The maximum absolute atomic E-state index is 11.9. The van der Waals surface area contributed by atoms with E-state index in [2.05, 4.69) is 10.4 Å². The van der Waals surface area contributed by atoms with E-state index in [4.69, 9.17) is 11.5 Å². The second-order valence-electron chi connectivity index (χ2n) is 4.41. The molecule has 0 bridgehead atoms. The van der Waals surface area contributed by atoms with E-state index < -0.39 is 5.91 Å². The van der Waals surface area contributed by atoms with E-state index in [-0.39, 0.29) is 23.8 Å². The summed E-state index contributed by atoms with van der Waals surface area (Å²) in [6.45, 7) is 1.88. The molecule has 0 atom stereocenters. The van der Waals surface area contributed by atoms with Gasteiger partial charge < -0.3 is 16.8 Å². The maximum Gasteiger partial charge on any atom is 0.271 e. The van der Waals surface area contributed by atoms with Crippen molar-refractivity contribution >= 4 is 23.2 Å². The molecular formula is C13H15N5O2. The quantitative estimate of drug-likeness (QED) is 0.752. The van der Waals surface area contributed by atoms with Crippen LogP contribution in [0.3, 0.4) is 0 Å². The topological polar surface area (TPSA) is 116 Å². The van der Waals surface area contributed by atoms with Gasteiger partial charge in [-0.05, 0) is 24.6 Å². The van der Waals surface area contributed by atoms with Crippen molar-refractivity contribution in [1.29, 1.82) is 0 Å². The van der Waals surface area contributed by atoms with Crippen LogP contribution in [0.15, 0.2) is 30.5 Å². The molecule has 104 valence electrons. The highest BCUT2D eigenvalue weighted by molar-refractivity contribution is 5.96. The van der Waals surface area contributed by atoms with Crippen LogP contribution in [0.25, 0.3) is 0 Å². The Bertz CT molecular complexity index is 663. The number of carbonyl (C=O) groups is 2. The van der Waals surface area contributed by atoms with Crippen LogP contribution in [-0.4, -0.2) is 21.6 Å².